The number of aromatic nitrogens is 1. The van der Waals surface area contributed by atoms with Gasteiger partial charge in [0.15, 0.2) is 0 Å². The van der Waals surface area contributed by atoms with Crippen LogP contribution in [0.4, 0.5) is 4.79 Å². The highest BCUT2D eigenvalue weighted by Crippen LogP contribution is 2.25. The van der Waals surface area contributed by atoms with Crippen molar-refractivity contribution in [1.29, 1.82) is 0 Å². The molecule has 3 aromatic rings. The van der Waals surface area contributed by atoms with Crippen LogP contribution < -0.4 is 10.1 Å². The molecule has 7 nitrogen and oxygen atoms in total. The summed E-state index contributed by atoms with van der Waals surface area (Å²) in [4.78, 5) is 28.4. The van der Waals surface area contributed by atoms with Crippen molar-refractivity contribution < 1.29 is 23.5 Å². The van der Waals surface area contributed by atoms with E-state index in [0.717, 1.165) is 16.7 Å². The molecule has 2 aromatic carbocycles. The number of amides is 1. The van der Waals surface area contributed by atoms with E-state index in [4.69, 9.17) is 13.9 Å². The zero-order chi connectivity index (χ0) is 22.4. The Bertz CT molecular complexity index is 1060. The number of aryl methyl sites for hydroxylation is 1. The van der Waals surface area contributed by atoms with Crippen LogP contribution in [0.2, 0.25) is 0 Å². The number of hydrogen-bond donors (Lipinski definition) is 1. The smallest absolute Gasteiger partial charge is 0.407 e. The third kappa shape index (κ3) is 5.51. The molecular formula is C24H26N2O5. The molecule has 0 saturated carbocycles. The maximum absolute atomic E-state index is 12.3. The van der Waals surface area contributed by atoms with Gasteiger partial charge in [-0.3, -0.25) is 4.79 Å². The largest absolute Gasteiger partial charge is 0.445 e. The highest BCUT2D eigenvalue weighted by atomic mass is 16.5. The minimum Gasteiger partial charge on any atom is -0.445 e. The van der Waals surface area contributed by atoms with E-state index in [0.29, 0.717) is 23.1 Å². The van der Waals surface area contributed by atoms with Crippen molar-refractivity contribution in [3.05, 3.63) is 71.1 Å². The number of nitrogens with zero attached hydrogens (tertiary/aromatic N) is 1. The van der Waals surface area contributed by atoms with E-state index >= 15 is 0 Å². The van der Waals surface area contributed by atoms with E-state index < -0.39 is 12.1 Å². The number of esters is 1. The molecule has 1 amide bonds. The second-order valence-corrected chi connectivity index (χ2v) is 7.14. The van der Waals surface area contributed by atoms with Gasteiger partial charge in [0.1, 0.15) is 23.8 Å². The van der Waals surface area contributed by atoms with Crippen LogP contribution in [0.1, 0.15) is 48.9 Å². The molecule has 1 unspecified atom stereocenters. The number of ether oxygens (including phenoxy) is 2. The van der Waals surface area contributed by atoms with Crippen LogP contribution in [-0.4, -0.2) is 17.0 Å². The van der Waals surface area contributed by atoms with Crippen molar-refractivity contribution in [2.45, 2.75) is 46.8 Å². The Morgan fingerprint density at radius 1 is 1.10 bits per heavy atom. The molecule has 1 aromatic heterocycles. The van der Waals surface area contributed by atoms with E-state index in [9.17, 15) is 9.59 Å². The van der Waals surface area contributed by atoms with Crippen molar-refractivity contribution in [1.82, 2.24) is 10.3 Å². The lowest BCUT2D eigenvalue weighted by Crippen LogP contribution is -2.28. The molecule has 162 valence electrons. The Hall–Kier alpha value is -3.61. The summed E-state index contributed by atoms with van der Waals surface area (Å²) in [5, 5.41) is 2.78. The molecule has 0 spiro atoms. The fourth-order valence-corrected chi connectivity index (χ4v) is 3.07. The van der Waals surface area contributed by atoms with Gasteiger partial charge in [0.05, 0.1) is 6.04 Å². The lowest BCUT2D eigenvalue weighted by molar-refractivity contribution is -0.134. The second-order valence-electron chi connectivity index (χ2n) is 7.14. The van der Waals surface area contributed by atoms with Crippen LogP contribution in [0.5, 0.6) is 5.75 Å². The number of benzene rings is 2. The van der Waals surface area contributed by atoms with Crippen molar-refractivity contribution in [3.8, 4) is 17.2 Å². The summed E-state index contributed by atoms with van der Waals surface area (Å²) in [5.41, 5.74) is 3.02. The fraction of sp³-hybridized carbons (Fsp3) is 0.292. The van der Waals surface area contributed by atoms with Crippen LogP contribution in [-0.2, 0) is 16.1 Å². The van der Waals surface area contributed by atoms with Gasteiger partial charge in [0, 0.05) is 12.0 Å². The molecule has 0 saturated heterocycles. The molecule has 0 aliphatic rings. The van der Waals surface area contributed by atoms with Crippen molar-refractivity contribution in [3.63, 3.8) is 0 Å². The van der Waals surface area contributed by atoms with Gasteiger partial charge in [-0.15, -0.1) is 0 Å². The average molecular weight is 422 g/mol. The number of rotatable bonds is 7. The molecule has 31 heavy (non-hydrogen) atoms. The van der Waals surface area contributed by atoms with Crippen LogP contribution in [0.15, 0.2) is 52.9 Å². The van der Waals surface area contributed by atoms with Crippen LogP contribution in [0.25, 0.3) is 11.5 Å². The molecule has 7 heteroatoms. The van der Waals surface area contributed by atoms with Gasteiger partial charge in [0.25, 0.3) is 0 Å². The summed E-state index contributed by atoms with van der Waals surface area (Å²) >= 11 is 0. The first kappa shape index (κ1) is 22.1. The zero-order valence-corrected chi connectivity index (χ0v) is 18.1. The number of hydrogen-bond acceptors (Lipinski definition) is 6. The first-order valence-electron chi connectivity index (χ1n) is 10.1. The first-order valence-corrected chi connectivity index (χ1v) is 10.1. The summed E-state index contributed by atoms with van der Waals surface area (Å²) in [6.07, 6.45) is -0.292. The van der Waals surface area contributed by atoms with Gasteiger partial charge in [0.2, 0.25) is 5.89 Å². The van der Waals surface area contributed by atoms with E-state index in [1.54, 1.807) is 19.1 Å². The zero-order valence-electron chi connectivity index (χ0n) is 18.1. The summed E-state index contributed by atoms with van der Waals surface area (Å²) in [6.45, 7) is 7.23. The number of carbonyl (C=O) groups is 2. The van der Waals surface area contributed by atoms with Crippen LogP contribution in [0, 0.1) is 13.8 Å². The van der Waals surface area contributed by atoms with Gasteiger partial charge < -0.3 is 19.2 Å². The highest BCUT2D eigenvalue weighted by Gasteiger charge is 2.19. The van der Waals surface area contributed by atoms with Crippen LogP contribution in [0.3, 0.4) is 0 Å². The van der Waals surface area contributed by atoms with Crippen molar-refractivity contribution >= 4 is 12.1 Å². The molecule has 0 fully saturated rings. The molecule has 1 atom stereocenters. The number of nitrogens with one attached hydrogen (secondary N) is 1. The summed E-state index contributed by atoms with van der Waals surface area (Å²) in [6, 6.07) is 14.5. The van der Waals surface area contributed by atoms with Gasteiger partial charge in [-0.25, -0.2) is 9.78 Å². The topological polar surface area (TPSA) is 90.7 Å². The summed E-state index contributed by atoms with van der Waals surface area (Å²) in [7, 11) is 0. The lowest BCUT2D eigenvalue weighted by atomic mass is 10.1. The Kier molecular flexibility index (Phi) is 7.07. The predicted octanol–water partition coefficient (Wildman–Crippen LogP) is 5.26. The molecule has 0 radical (unpaired) electrons. The standard InChI is InChI=1S/C24H26N2O5/c1-5-21(27)31-20-13-9-12-19(15(20)2)14-29-24(28)25-16(3)22-17(4)30-23(26-22)18-10-7-6-8-11-18/h6-13,16H,5,14H2,1-4H3,(H,25,28). The quantitative estimate of drug-likeness (QED) is 0.412. The Balaban J connectivity index is 1.61. The maximum Gasteiger partial charge on any atom is 0.407 e. The van der Waals surface area contributed by atoms with Gasteiger partial charge >= 0.3 is 12.1 Å². The molecule has 3 rings (SSSR count). The number of oxazole rings is 1. The van der Waals surface area contributed by atoms with Gasteiger partial charge in [-0.2, -0.15) is 0 Å². The monoisotopic (exact) mass is 422 g/mol. The van der Waals surface area contributed by atoms with Crippen molar-refractivity contribution in [2.24, 2.45) is 0 Å². The fourth-order valence-electron chi connectivity index (χ4n) is 3.07. The normalized spacial score (nSPS) is 11.6. The SMILES string of the molecule is CCC(=O)Oc1cccc(COC(=O)NC(C)c2nc(-c3ccccc3)oc2C)c1C. The number of alkyl carbamates (subject to hydrolysis) is 1. The van der Waals surface area contributed by atoms with E-state index in [1.165, 1.54) is 0 Å². The number of carbonyl (C=O) groups excluding carboxylic acids is 2. The van der Waals surface area contributed by atoms with Crippen LogP contribution >= 0.6 is 0 Å². The molecule has 0 aliphatic heterocycles. The lowest BCUT2D eigenvalue weighted by Gasteiger charge is -2.14. The second kappa shape index (κ2) is 9.93. The Morgan fingerprint density at radius 2 is 1.84 bits per heavy atom. The molecule has 1 N–H and O–H groups in total. The minimum atomic E-state index is -0.577. The molecule has 0 aliphatic carbocycles. The molecule has 1 heterocycles. The Morgan fingerprint density at radius 3 is 2.55 bits per heavy atom. The highest BCUT2D eigenvalue weighted by molar-refractivity contribution is 5.72. The minimum absolute atomic E-state index is 0.0506. The molecular weight excluding hydrogens is 396 g/mol. The molecule has 0 bridgehead atoms. The van der Waals surface area contributed by atoms with Gasteiger partial charge in [-0.05, 0) is 50.1 Å². The van der Waals surface area contributed by atoms with Gasteiger partial charge in [-0.1, -0.05) is 37.3 Å². The maximum atomic E-state index is 12.3. The average Bonchev–Trinajstić information content (AvgIpc) is 3.16. The first-order chi connectivity index (χ1) is 14.9. The van der Waals surface area contributed by atoms with Crippen molar-refractivity contribution in [2.75, 3.05) is 0 Å². The summed E-state index contributed by atoms with van der Waals surface area (Å²) in [5.74, 6) is 1.29. The third-order valence-corrected chi connectivity index (χ3v) is 4.87. The Labute approximate surface area is 181 Å². The van der Waals surface area contributed by atoms with E-state index in [-0.39, 0.29) is 19.0 Å². The summed E-state index contributed by atoms with van der Waals surface area (Å²) < 4.78 is 16.4. The van der Waals surface area contributed by atoms with E-state index in [2.05, 4.69) is 10.3 Å². The third-order valence-electron chi connectivity index (χ3n) is 4.87. The van der Waals surface area contributed by atoms with E-state index in [1.807, 2.05) is 57.2 Å². The predicted molar refractivity (Wildman–Crippen MR) is 116 cm³/mol.